The van der Waals surface area contributed by atoms with E-state index in [9.17, 15) is 22.0 Å². The van der Waals surface area contributed by atoms with Gasteiger partial charge in [-0.15, -0.1) is 0 Å². The Balaban J connectivity index is 2.61. The molecule has 1 nitrogen and oxygen atoms in total. The molecule has 0 aromatic carbocycles. The van der Waals surface area contributed by atoms with Crippen molar-refractivity contribution in [2.24, 2.45) is 0 Å². The van der Waals surface area contributed by atoms with E-state index in [4.69, 9.17) is 5.11 Å². The molecule has 0 radical (unpaired) electrons. The molecule has 0 aromatic rings. The number of allylic oxidation sites excluding steroid dienone is 3. The molecule has 0 fully saturated rings. The van der Waals surface area contributed by atoms with Gasteiger partial charge in [-0.25, -0.2) is 22.0 Å². The number of hydrogen-bond acceptors (Lipinski definition) is 1. The minimum atomic E-state index is -3.71. The van der Waals surface area contributed by atoms with Crippen LogP contribution >= 0.6 is 0 Å². The van der Waals surface area contributed by atoms with Crippen molar-refractivity contribution in [2.75, 3.05) is 0 Å². The Morgan fingerprint density at radius 2 is 1.25 bits per heavy atom. The van der Waals surface area contributed by atoms with E-state index >= 15 is 0 Å². The van der Waals surface area contributed by atoms with Crippen molar-refractivity contribution < 1.29 is 27.1 Å². The van der Waals surface area contributed by atoms with Gasteiger partial charge in [0.2, 0.25) is 0 Å². The summed E-state index contributed by atoms with van der Waals surface area (Å²) < 4.78 is 62.1. The zero-order valence-electron chi connectivity index (χ0n) is 5.34. The molecule has 0 aliphatic heterocycles. The predicted molar refractivity (Wildman–Crippen MR) is 27.7 cm³/mol. The van der Waals surface area contributed by atoms with E-state index in [1.165, 1.54) is 0 Å². The summed E-state index contributed by atoms with van der Waals surface area (Å²) in [5.74, 6) is -7.95. The summed E-state index contributed by atoms with van der Waals surface area (Å²) in [7, 11) is 0. The first-order valence-electron chi connectivity index (χ1n) is 2.92. The van der Waals surface area contributed by atoms with Gasteiger partial charge in [-0.1, -0.05) is 0 Å². The minimum absolute atomic E-state index is 1.72. The smallest absolute Gasteiger partial charge is 0.270 e. The second-order valence-corrected chi connectivity index (χ2v) is 2.61. The maximum absolute atomic E-state index is 12.8. The molecule has 0 saturated heterocycles. The highest BCUT2D eigenvalue weighted by Crippen LogP contribution is 2.68. The van der Waals surface area contributed by atoms with Gasteiger partial charge in [0.05, 0.1) is 0 Å². The third kappa shape index (κ3) is 0.352. The van der Waals surface area contributed by atoms with E-state index in [0.29, 0.717) is 0 Å². The SMILES string of the molecule is OC1=C(F)C2(F)C(F)=C(F)C12F. The number of alkyl halides is 2. The molecular weight excluding hydrogens is 183 g/mol. The lowest BCUT2D eigenvalue weighted by Crippen LogP contribution is -2.66. The molecule has 2 atom stereocenters. The predicted octanol–water partition coefficient (Wildman–Crippen LogP) is 2.32. The van der Waals surface area contributed by atoms with Crippen molar-refractivity contribution >= 4 is 0 Å². The van der Waals surface area contributed by atoms with Gasteiger partial charge < -0.3 is 5.11 Å². The molecule has 6 heteroatoms. The van der Waals surface area contributed by atoms with Crippen LogP contribution in [0.25, 0.3) is 0 Å². The standard InChI is InChI=1S/C6HF5O/c7-1-2(8)6(11)4(12)3(9)5(1,6)10/h12H. The zero-order valence-corrected chi connectivity index (χ0v) is 5.34. The molecule has 66 valence electrons. The number of hydrogen-bond donors (Lipinski definition) is 1. The highest BCUT2D eigenvalue weighted by molar-refractivity contribution is 5.63. The van der Waals surface area contributed by atoms with Crippen molar-refractivity contribution in [2.45, 2.75) is 11.3 Å². The lowest BCUT2D eigenvalue weighted by atomic mass is 9.62. The highest BCUT2D eigenvalue weighted by Gasteiger charge is 2.84. The highest BCUT2D eigenvalue weighted by atomic mass is 19.2. The maximum atomic E-state index is 12.8. The van der Waals surface area contributed by atoms with Crippen LogP contribution in [0.1, 0.15) is 0 Å². The van der Waals surface area contributed by atoms with Crippen molar-refractivity contribution in [1.29, 1.82) is 0 Å². The van der Waals surface area contributed by atoms with E-state index in [1.54, 1.807) is 0 Å². The lowest BCUT2D eigenvalue weighted by molar-refractivity contribution is -0.0956. The maximum Gasteiger partial charge on any atom is 0.270 e. The molecule has 2 aliphatic rings. The van der Waals surface area contributed by atoms with Crippen LogP contribution in [0.4, 0.5) is 22.0 Å². The van der Waals surface area contributed by atoms with Gasteiger partial charge >= 0.3 is 0 Å². The minimum Gasteiger partial charge on any atom is -0.506 e. The van der Waals surface area contributed by atoms with E-state index in [1.807, 2.05) is 0 Å². The molecule has 2 unspecified atom stereocenters. The van der Waals surface area contributed by atoms with Gasteiger partial charge in [-0.3, -0.25) is 0 Å². The average molecular weight is 184 g/mol. The van der Waals surface area contributed by atoms with E-state index < -0.39 is 34.6 Å². The van der Waals surface area contributed by atoms with Crippen LogP contribution in [0, 0.1) is 0 Å². The molecular formula is C6HF5O. The fourth-order valence-corrected chi connectivity index (χ4v) is 1.31. The van der Waals surface area contributed by atoms with Crippen LogP contribution in [0.3, 0.4) is 0 Å². The molecule has 2 aliphatic carbocycles. The van der Waals surface area contributed by atoms with Gasteiger partial charge in [0, 0.05) is 0 Å². The van der Waals surface area contributed by atoms with E-state index in [-0.39, 0.29) is 0 Å². The first-order valence-corrected chi connectivity index (χ1v) is 2.92. The Kier molecular flexibility index (Phi) is 0.950. The summed E-state index contributed by atoms with van der Waals surface area (Å²) in [6.45, 7) is 0. The second-order valence-electron chi connectivity index (χ2n) is 2.61. The third-order valence-electron chi connectivity index (χ3n) is 2.11. The van der Waals surface area contributed by atoms with Gasteiger partial charge in [-0.2, -0.15) is 0 Å². The van der Waals surface area contributed by atoms with Gasteiger partial charge in [-0.05, 0) is 0 Å². The van der Waals surface area contributed by atoms with E-state index in [2.05, 4.69) is 0 Å². The van der Waals surface area contributed by atoms with Crippen LogP contribution in [0.2, 0.25) is 0 Å². The first kappa shape index (κ1) is 7.57. The molecule has 12 heavy (non-hydrogen) atoms. The van der Waals surface area contributed by atoms with E-state index in [0.717, 1.165) is 0 Å². The quantitative estimate of drug-likeness (QED) is 0.572. The number of aliphatic hydroxyl groups excluding tert-OH is 1. The van der Waals surface area contributed by atoms with Crippen molar-refractivity contribution in [1.82, 2.24) is 0 Å². The Labute approximate surface area is 62.8 Å². The van der Waals surface area contributed by atoms with Crippen LogP contribution in [0.15, 0.2) is 23.2 Å². The van der Waals surface area contributed by atoms with Crippen LogP contribution in [-0.2, 0) is 0 Å². The van der Waals surface area contributed by atoms with Crippen LogP contribution in [-0.4, -0.2) is 16.4 Å². The summed E-state index contributed by atoms with van der Waals surface area (Å²) in [5.41, 5.74) is -7.32. The third-order valence-corrected chi connectivity index (χ3v) is 2.11. The fraction of sp³-hybridized carbons (Fsp3) is 0.333. The zero-order chi connectivity index (χ0) is 9.31. The summed E-state index contributed by atoms with van der Waals surface area (Å²) in [6.07, 6.45) is 0. The molecule has 0 spiro atoms. The van der Waals surface area contributed by atoms with Crippen LogP contribution in [0.5, 0.6) is 0 Å². The topological polar surface area (TPSA) is 20.2 Å². The lowest BCUT2D eigenvalue weighted by Gasteiger charge is -2.49. The second kappa shape index (κ2) is 1.51. The average Bonchev–Trinajstić information content (AvgIpc) is 2.10. The Morgan fingerprint density at radius 3 is 1.67 bits per heavy atom. The Morgan fingerprint density at radius 1 is 0.833 bits per heavy atom. The monoisotopic (exact) mass is 184 g/mol. The Hall–Kier alpha value is -1.07. The van der Waals surface area contributed by atoms with Crippen molar-refractivity contribution in [3.05, 3.63) is 23.2 Å². The summed E-state index contributed by atoms with van der Waals surface area (Å²) in [4.78, 5) is 0. The molecule has 0 amide bonds. The molecule has 0 aromatic heterocycles. The summed E-state index contributed by atoms with van der Waals surface area (Å²) in [5, 5.41) is 8.37. The van der Waals surface area contributed by atoms with Crippen molar-refractivity contribution in [3.8, 4) is 0 Å². The molecule has 1 N–H and O–H groups in total. The number of rotatable bonds is 0. The molecule has 0 heterocycles. The number of fused-ring (bicyclic) bond motifs is 1. The largest absolute Gasteiger partial charge is 0.506 e. The Bertz CT molecular complexity index is 284. The first-order chi connectivity index (χ1) is 5.38. The van der Waals surface area contributed by atoms with Crippen molar-refractivity contribution in [3.63, 3.8) is 0 Å². The molecule has 0 saturated carbocycles. The van der Waals surface area contributed by atoms with Gasteiger partial charge in [0.25, 0.3) is 11.3 Å². The summed E-state index contributed by atoms with van der Waals surface area (Å²) >= 11 is 0. The number of aliphatic hydroxyl groups is 1. The summed E-state index contributed by atoms with van der Waals surface area (Å²) in [6, 6.07) is 0. The van der Waals surface area contributed by atoms with Gasteiger partial charge in [0.15, 0.2) is 23.2 Å². The molecule has 2 rings (SSSR count). The number of halogens is 5. The molecule has 0 bridgehead atoms. The normalized spacial score (nSPS) is 45.4. The van der Waals surface area contributed by atoms with Crippen LogP contribution < -0.4 is 0 Å². The van der Waals surface area contributed by atoms with Gasteiger partial charge in [0.1, 0.15) is 0 Å². The fourth-order valence-electron chi connectivity index (χ4n) is 1.31.